The van der Waals surface area contributed by atoms with E-state index in [1.807, 2.05) is 6.07 Å². The number of hydrogen-bond donors (Lipinski definition) is 0. The van der Waals surface area contributed by atoms with Crippen molar-refractivity contribution in [2.75, 3.05) is 6.61 Å². The average Bonchev–Trinajstić information content (AvgIpc) is 2.76. The van der Waals surface area contributed by atoms with Crippen LogP contribution < -0.4 is 0 Å². The van der Waals surface area contributed by atoms with E-state index in [0.717, 1.165) is 4.90 Å². The summed E-state index contributed by atoms with van der Waals surface area (Å²) in [4.78, 5) is 27.0. The van der Waals surface area contributed by atoms with Crippen molar-refractivity contribution in [1.29, 1.82) is 26.3 Å². The molecule has 0 radical (unpaired) electrons. The van der Waals surface area contributed by atoms with Crippen molar-refractivity contribution in [3.8, 4) is 30.3 Å². The highest BCUT2D eigenvalue weighted by Crippen LogP contribution is 2.55. The lowest BCUT2D eigenvalue weighted by Gasteiger charge is -2.48. The second kappa shape index (κ2) is 8.42. The molecular weight excluding hydrogens is 400 g/mol. The van der Waals surface area contributed by atoms with E-state index in [-0.39, 0.29) is 12.2 Å². The van der Waals surface area contributed by atoms with Gasteiger partial charge in [-0.2, -0.15) is 26.3 Å². The first-order chi connectivity index (χ1) is 14.7. The van der Waals surface area contributed by atoms with Gasteiger partial charge in [-0.05, 0) is 32.9 Å². The van der Waals surface area contributed by atoms with E-state index < -0.39 is 46.2 Å². The minimum atomic E-state index is -2.71. The molecule has 0 bridgehead atoms. The zero-order valence-corrected chi connectivity index (χ0v) is 16.9. The number of esters is 2. The number of nitrogens with zero attached hydrogens (tertiary/aromatic N) is 6. The fraction of sp³-hybridized carbons (Fsp3) is 0.381. The molecule has 0 aromatic carbocycles. The Balaban J connectivity index is 3.09. The first-order valence-corrected chi connectivity index (χ1v) is 9.09. The Bertz CT molecular complexity index is 1100. The lowest BCUT2D eigenvalue weighted by Crippen LogP contribution is -2.60. The molecule has 10 nitrogen and oxygen atoms in total. The average molecular weight is 416 g/mol. The maximum Gasteiger partial charge on any atom is 0.355 e. The zero-order valence-electron chi connectivity index (χ0n) is 16.9. The van der Waals surface area contributed by atoms with Crippen molar-refractivity contribution in [1.82, 2.24) is 4.90 Å². The summed E-state index contributed by atoms with van der Waals surface area (Å²) >= 11 is 0. The molecule has 0 saturated heterocycles. The summed E-state index contributed by atoms with van der Waals surface area (Å²) in [6.07, 6.45) is 3.09. The Morgan fingerprint density at radius 3 is 2.16 bits per heavy atom. The zero-order chi connectivity index (χ0) is 23.4. The molecule has 31 heavy (non-hydrogen) atoms. The maximum atomic E-state index is 13.0. The second-order valence-electron chi connectivity index (χ2n) is 6.81. The maximum absolute atomic E-state index is 13.0. The van der Waals surface area contributed by atoms with E-state index in [1.54, 1.807) is 38.1 Å². The number of nitriles is 5. The Morgan fingerprint density at radius 1 is 1.10 bits per heavy atom. The van der Waals surface area contributed by atoms with Gasteiger partial charge in [-0.1, -0.05) is 0 Å². The highest BCUT2D eigenvalue weighted by Gasteiger charge is 2.69. The molecule has 2 heterocycles. The van der Waals surface area contributed by atoms with E-state index in [2.05, 4.69) is 0 Å². The first kappa shape index (κ1) is 22.7. The normalized spacial score (nSPS) is 20.0. The molecule has 10 heteroatoms. The SMILES string of the molecule is CCOC(=O)C1=C(C(=O)OC(C)C)N2C=CC(C#N)=CC2C(C#N)(C#N)C1(C#N)C#N. The number of carbonyl (C=O) groups excluding carboxylic acids is 2. The first-order valence-electron chi connectivity index (χ1n) is 9.09. The van der Waals surface area contributed by atoms with Crippen LogP contribution in [0, 0.1) is 67.5 Å². The highest BCUT2D eigenvalue weighted by molar-refractivity contribution is 6.03. The third-order valence-corrected chi connectivity index (χ3v) is 4.79. The summed E-state index contributed by atoms with van der Waals surface area (Å²) in [7, 11) is 0. The fourth-order valence-corrected chi connectivity index (χ4v) is 3.48. The number of rotatable bonds is 4. The van der Waals surface area contributed by atoms with E-state index in [4.69, 9.17) is 9.47 Å². The summed E-state index contributed by atoms with van der Waals surface area (Å²) in [5.74, 6) is -2.26. The minimum Gasteiger partial charge on any atom is -0.462 e. The van der Waals surface area contributed by atoms with Crippen molar-refractivity contribution < 1.29 is 19.1 Å². The van der Waals surface area contributed by atoms with Crippen LogP contribution >= 0.6 is 0 Å². The van der Waals surface area contributed by atoms with Crippen molar-refractivity contribution >= 4 is 11.9 Å². The Morgan fingerprint density at radius 2 is 1.71 bits per heavy atom. The van der Waals surface area contributed by atoms with Gasteiger partial charge in [0.25, 0.3) is 0 Å². The molecule has 0 aromatic heterocycles. The van der Waals surface area contributed by atoms with E-state index in [1.165, 1.54) is 25.3 Å². The van der Waals surface area contributed by atoms with Crippen LogP contribution in [-0.4, -0.2) is 35.6 Å². The summed E-state index contributed by atoms with van der Waals surface area (Å²) < 4.78 is 10.2. The molecule has 2 rings (SSSR count). The van der Waals surface area contributed by atoms with Crippen LogP contribution in [0.1, 0.15) is 20.8 Å². The van der Waals surface area contributed by atoms with Crippen LogP contribution in [0.25, 0.3) is 0 Å². The minimum absolute atomic E-state index is 0.0390. The standard InChI is InChI=1S/C21H16N6O4/c1-4-30-18(28)16-17(19(29)31-13(2)3)27-6-5-14(8-22)7-15(27)20(9-23,10-24)21(16,11-25)12-26/h5-7,13,15H,4H2,1-3H3. The highest BCUT2D eigenvalue weighted by atomic mass is 16.5. The van der Waals surface area contributed by atoms with Gasteiger partial charge in [-0.15, -0.1) is 0 Å². The Kier molecular flexibility index (Phi) is 6.16. The van der Waals surface area contributed by atoms with Crippen molar-refractivity contribution in [2.24, 2.45) is 10.8 Å². The molecule has 2 aliphatic heterocycles. The molecular formula is C21H16N6O4. The van der Waals surface area contributed by atoms with Crippen LogP contribution in [0.3, 0.4) is 0 Å². The number of carbonyl (C=O) groups is 2. The van der Waals surface area contributed by atoms with Crippen molar-refractivity contribution in [2.45, 2.75) is 32.9 Å². The van der Waals surface area contributed by atoms with E-state index in [9.17, 15) is 35.9 Å². The topological polar surface area (TPSA) is 175 Å². The van der Waals surface area contributed by atoms with Gasteiger partial charge in [-0.3, -0.25) is 0 Å². The molecule has 0 spiro atoms. The predicted molar refractivity (Wildman–Crippen MR) is 101 cm³/mol. The van der Waals surface area contributed by atoms with Crippen LogP contribution in [0.4, 0.5) is 0 Å². The number of ether oxygens (including phenoxy) is 2. The lowest BCUT2D eigenvalue weighted by atomic mass is 9.55. The predicted octanol–water partition coefficient (Wildman–Crippen LogP) is 1.48. The van der Waals surface area contributed by atoms with Crippen LogP contribution in [0.15, 0.2) is 35.2 Å². The smallest absolute Gasteiger partial charge is 0.355 e. The van der Waals surface area contributed by atoms with E-state index >= 15 is 0 Å². The largest absolute Gasteiger partial charge is 0.462 e. The lowest BCUT2D eigenvalue weighted by molar-refractivity contribution is -0.148. The van der Waals surface area contributed by atoms with Gasteiger partial charge in [0, 0.05) is 6.20 Å². The molecule has 0 amide bonds. The summed E-state index contributed by atoms with van der Waals surface area (Å²) in [6, 6.07) is 7.09. The molecule has 1 atom stereocenters. The summed E-state index contributed by atoms with van der Waals surface area (Å²) in [6.45, 7) is 4.42. The van der Waals surface area contributed by atoms with Gasteiger partial charge in [0.1, 0.15) is 11.3 Å². The molecule has 154 valence electrons. The molecule has 0 aromatic rings. The molecule has 1 unspecified atom stereocenters. The fourth-order valence-electron chi connectivity index (χ4n) is 3.48. The van der Waals surface area contributed by atoms with Gasteiger partial charge in [0.2, 0.25) is 10.8 Å². The number of fused-ring (bicyclic) bond motifs is 1. The van der Waals surface area contributed by atoms with Crippen molar-refractivity contribution in [3.05, 3.63) is 35.2 Å². The van der Waals surface area contributed by atoms with Gasteiger partial charge < -0.3 is 14.4 Å². The summed E-state index contributed by atoms with van der Waals surface area (Å²) in [5, 5.41) is 49.4. The van der Waals surface area contributed by atoms with Crippen LogP contribution in [0.2, 0.25) is 0 Å². The van der Waals surface area contributed by atoms with Crippen LogP contribution in [0.5, 0.6) is 0 Å². The summed E-state index contributed by atoms with van der Waals surface area (Å²) in [5.41, 5.74) is -6.42. The molecule has 0 N–H and O–H groups in total. The molecule has 0 saturated carbocycles. The molecule has 0 fully saturated rings. The Hall–Kier alpha value is -4.59. The van der Waals surface area contributed by atoms with E-state index in [0.29, 0.717) is 0 Å². The van der Waals surface area contributed by atoms with Gasteiger partial charge in [0.05, 0.1) is 54.7 Å². The quantitative estimate of drug-likeness (QED) is 0.610. The van der Waals surface area contributed by atoms with Crippen molar-refractivity contribution in [3.63, 3.8) is 0 Å². The molecule has 2 aliphatic rings. The monoisotopic (exact) mass is 416 g/mol. The van der Waals surface area contributed by atoms with Crippen LogP contribution in [-0.2, 0) is 19.1 Å². The second-order valence-corrected chi connectivity index (χ2v) is 6.81. The molecule has 0 aliphatic carbocycles. The number of hydrogen-bond acceptors (Lipinski definition) is 10. The van der Waals surface area contributed by atoms with Gasteiger partial charge >= 0.3 is 11.9 Å². The van der Waals surface area contributed by atoms with Gasteiger partial charge in [-0.25, -0.2) is 9.59 Å². The number of allylic oxidation sites excluding steroid dienone is 2. The third-order valence-electron chi connectivity index (χ3n) is 4.79. The Labute approximate surface area is 178 Å². The third kappa shape index (κ3) is 3.16. The van der Waals surface area contributed by atoms with Gasteiger partial charge in [0.15, 0.2) is 0 Å².